The molecule has 1 aliphatic rings. The number of carbonyl (C=O) groups is 2. The number of ether oxygens (including phenoxy) is 4. The first-order chi connectivity index (χ1) is 8.58. The molecule has 1 atom stereocenters. The molecule has 1 aromatic carbocycles. The molecule has 0 bridgehead atoms. The van der Waals surface area contributed by atoms with Crippen molar-refractivity contribution in [1.82, 2.24) is 0 Å². The van der Waals surface area contributed by atoms with Gasteiger partial charge in [-0.05, 0) is 12.1 Å². The molecule has 0 aliphatic carbocycles. The van der Waals surface area contributed by atoms with Crippen LogP contribution >= 0.6 is 0 Å². The summed E-state index contributed by atoms with van der Waals surface area (Å²) in [5, 5.41) is 0. The van der Waals surface area contributed by atoms with E-state index in [-0.39, 0.29) is 11.3 Å². The van der Waals surface area contributed by atoms with Crippen LogP contribution in [0.3, 0.4) is 0 Å². The molecule has 0 spiro atoms. The fraction of sp³-hybridized carbons (Fsp3) is 0.333. The lowest BCUT2D eigenvalue weighted by Gasteiger charge is -2.11. The third kappa shape index (κ3) is 1.85. The molecule has 0 radical (unpaired) electrons. The Morgan fingerprint density at radius 2 is 2.00 bits per heavy atom. The van der Waals surface area contributed by atoms with Crippen molar-refractivity contribution in [3.05, 3.63) is 23.3 Å². The lowest BCUT2D eigenvalue weighted by molar-refractivity contribution is -0.164. The molecule has 2 rings (SSSR count). The predicted octanol–water partition coefficient (Wildman–Crippen LogP) is 1.44. The first-order valence-electron chi connectivity index (χ1n) is 5.21. The van der Waals surface area contributed by atoms with Crippen LogP contribution in [0.5, 0.6) is 11.5 Å². The van der Waals surface area contributed by atoms with Gasteiger partial charge in [0.15, 0.2) is 11.5 Å². The number of hydrogen-bond acceptors (Lipinski definition) is 6. The van der Waals surface area contributed by atoms with Gasteiger partial charge in [0.05, 0.1) is 19.8 Å². The Morgan fingerprint density at radius 1 is 1.28 bits per heavy atom. The average molecular weight is 252 g/mol. The summed E-state index contributed by atoms with van der Waals surface area (Å²) in [6, 6.07) is 3.23. The molecule has 1 aliphatic heterocycles. The minimum Gasteiger partial charge on any atom is -0.493 e. The second-order valence-corrected chi connectivity index (χ2v) is 3.61. The van der Waals surface area contributed by atoms with Gasteiger partial charge in [-0.2, -0.15) is 0 Å². The first kappa shape index (κ1) is 12.2. The molecule has 0 unspecified atom stereocenters. The largest absolute Gasteiger partial charge is 0.493 e. The van der Waals surface area contributed by atoms with Gasteiger partial charge in [0.1, 0.15) is 5.56 Å². The lowest BCUT2D eigenvalue weighted by atomic mass is 10.1. The van der Waals surface area contributed by atoms with Gasteiger partial charge < -0.3 is 18.9 Å². The van der Waals surface area contributed by atoms with Crippen LogP contribution in [-0.4, -0.2) is 26.2 Å². The maximum atomic E-state index is 11.8. The van der Waals surface area contributed by atoms with E-state index in [1.807, 2.05) is 0 Å². The Morgan fingerprint density at radius 3 is 2.56 bits per heavy atom. The molecule has 0 N–H and O–H groups in total. The van der Waals surface area contributed by atoms with Gasteiger partial charge in [0.2, 0.25) is 0 Å². The van der Waals surface area contributed by atoms with Gasteiger partial charge in [0.25, 0.3) is 6.29 Å². The van der Waals surface area contributed by atoms with E-state index < -0.39 is 18.2 Å². The van der Waals surface area contributed by atoms with E-state index in [9.17, 15) is 9.59 Å². The number of rotatable bonds is 3. The Labute approximate surface area is 103 Å². The summed E-state index contributed by atoms with van der Waals surface area (Å²) < 4.78 is 20.1. The average Bonchev–Trinajstić information content (AvgIpc) is 2.64. The number of carbonyl (C=O) groups excluding carboxylic acids is 2. The van der Waals surface area contributed by atoms with Crippen molar-refractivity contribution in [3.8, 4) is 11.5 Å². The zero-order valence-corrected chi connectivity index (χ0v) is 10.2. The normalized spacial score (nSPS) is 16.8. The van der Waals surface area contributed by atoms with Crippen molar-refractivity contribution in [2.45, 2.75) is 13.2 Å². The number of hydrogen-bond donors (Lipinski definition) is 0. The minimum atomic E-state index is -1.02. The first-order valence-corrected chi connectivity index (χ1v) is 5.21. The molecule has 18 heavy (non-hydrogen) atoms. The number of fused-ring (bicyclic) bond motifs is 1. The Kier molecular flexibility index (Phi) is 3.10. The van der Waals surface area contributed by atoms with E-state index in [0.29, 0.717) is 11.3 Å². The maximum absolute atomic E-state index is 11.8. The lowest BCUT2D eigenvalue weighted by Crippen LogP contribution is -2.07. The molecule has 1 aromatic rings. The number of cyclic esters (lactones) is 1. The van der Waals surface area contributed by atoms with Gasteiger partial charge in [0, 0.05) is 6.92 Å². The van der Waals surface area contributed by atoms with Gasteiger partial charge in [-0.15, -0.1) is 0 Å². The van der Waals surface area contributed by atoms with Crippen LogP contribution < -0.4 is 9.47 Å². The zero-order valence-electron chi connectivity index (χ0n) is 10.2. The molecule has 0 aromatic heterocycles. The highest BCUT2D eigenvalue weighted by Crippen LogP contribution is 2.42. The monoisotopic (exact) mass is 252 g/mol. The molecule has 0 saturated heterocycles. The standard InChI is InChI=1S/C12H12O6/c1-6(13)17-12-7-4-5-8(15-2)10(16-3)9(7)11(14)18-12/h4-5,12H,1-3H3/t12-/m1/s1. The molecule has 0 amide bonds. The fourth-order valence-electron chi connectivity index (χ4n) is 1.81. The summed E-state index contributed by atoms with van der Waals surface area (Å²) in [4.78, 5) is 22.7. The van der Waals surface area contributed by atoms with E-state index in [4.69, 9.17) is 18.9 Å². The van der Waals surface area contributed by atoms with Crippen LogP contribution in [0.4, 0.5) is 0 Å². The quantitative estimate of drug-likeness (QED) is 0.758. The summed E-state index contributed by atoms with van der Waals surface area (Å²) in [6.45, 7) is 1.24. The molecule has 0 saturated carbocycles. The van der Waals surface area contributed by atoms with Gasteiger partial charge in [-0.1, -0.05) is 0 Å². The third-order valence-electron chi connectivity index (χ3n) is 2.52. The van der Waals surface area contributed by atoms with Crippen molar-refractivity contribution in [1.29, 1.82) is 0 Å². The second-order valence-electron chi connectivity index (χ2n) is 3.61. The van der Waals surface area contributed by atoms with Crippen LogP contribution in [0.25, 0.3) is 0 Å². The molecule has 6 heteroatoms. The number of methoxy groups -OCH3 is 2. The predicted molar refractivity (Wildman–Crippen MR) is 59.5 cm³/mol. The van der Waals surface area contributed by atoms with Crippen molar-refractivity contribution in [2.75, 3.05) is 14.2 Å². The Balaban J connectivity index is 2.50. The summed E-state index contributed by atoms with van der Waals surface area (Å²) in [5.74, 6) is -0.450. The highest BCUT2D eigenvalue weighted by atomic mass is 16.7. The van der Waals surface area contributed by atoms with Crippen molar-refractivity contribution < 1.29 is 28.5 Å². The van der Waals surface area contributed by atoms with E-state index in [0.717, 1.165) is 0 Å². The summed E-state index contributed by atoms with van der Waals surface area (Å²) in [6.07, 6.45) is -1.02. The van der Waals surface area contributed by atoms with Gasteiger partial charge in [-0.25, -0.2) is 4.79 Å². The fourth-order valence-corrected chi connectivity index (χ4v) is 1.81. The molecular weight excluding hydrogens is 240 g/mol. The van der Waals surface area contributed by atoms with Crippen molar-refractivity contribution in [3.63, 3.8) is 0 Å². The minimum absolute atomic E-state index is 0.225. The topological polar surface area (TPSA) is 71.1 Å². The second kappa shape index (κ2) is 4.56. The summed E-state index contributed by atoms with van der Waals surface area (Å²) in [5.41, 5.74) is 0.677. The Bertz CT molecular complexity index is 508. The van der Waals surface area contributed by atoms with E-state index >= 15 is 0 Å². The SMILES string of the molecule is COc1ccc2c(c1OC)C(=O)O[C@H]2OC(C)=O. The molecule has 1 heterocycles. The molecule has 0 fully saturated rings. The van der Waals surface area contributed by atoms with Crippen LogP contribution in [-0.2, 0) is 14.3 Å². The zero-order chi connectivity index (χ0) is 13.3. The summed E-state index contributed by atoms with van der Waals surface area (Å²) >= 11 is 0. The number of esters is 2. The summed E-state index contributed by atoms with van der Waals surface area (Å²) in [7, 11) is 2.89. The van der Waals surface area contributed by atoms with Crippen LogP contribution in [0.1, 0.15) is 29.1 Å². The van der Waals surface area contributed by atoms with E-state index in [1.165, 1.54) is 21.1 Å². The van der Waals surface area contributed by atoms with Crippen molar-refractivity contribution in [2.24, 2.45) is 0 Å². The molecular formula is C12H12O6. The Hall–Kier alpha value is -2.24. The van der Waals surface area contributed by atoms with E-state index in [1.54, 1.807) is 12.1 Å². The highest BCUT2D eigenvalue weighted by Gasteiger charge is 2.37. The van der Waals surface area contributed by atoms with Crippen LogP contribution in [0, 0.1) is 0 Å². The highest BCUT2D eigenvalue weighted by molar-refractivity contribution is 5.98. The van der Waals surface area contributed by atoms with E-state index in [2.05, 4.69) is 0 Å². The third-order valence-corrected chi connectivity index (χ3v) is 2.52. The van der Waals surface area contributed by atoms with Gasteiger partial charge >= 0.3 is 11.9 Å². The maximum Gasteiger partial charge on any atom is 0.346 e. The van der Waals surface area contributed by atoms with Crippen LogP contribution in [0.15, 0.2) is 12.1 Å². The van der Waals surface area contributed by atoms with Crippen LogP contribution in [0.2, 0.25) is 0 Å². The molecule has 96 valence electrons. The smallest absolute Gasteiger partial charge is 0.346 e. The number of benzene rings is 1. The van der Waals surface area contributed by atoms with Crippen molar-refractivity contribution >= 4 is 11.9 Å². The van der Waals surface area contributed by atoms with Gasteiger partial charge in [-0.3, -0.25) is 4.79 Å². The molecule has 6 nitrogen and oxygen atoms in total.